The van der Waals surface area contributed by atoms with Gasteiger partial charge in [-0.3, -0.25) is 19.6 Å². The molecule has 1 aromatic heterocycles. The number of nitrogens with zero attached hydrogens (tertiary/aromatic N) is 3. The van der Waals surface area contributed by atoms with E-state index in [-0.39, 0.29) is 11.8 Å². The molecule has 1 aliphatic heterocycles. The molecule has 1 aromatic carbocycles. The largest absolute Gasteiger partial charge is 0.357 e. The molecule has 118 valence electrons. The average molecular weight is 310 g/mol. The van der Waals surface area contributed by atoms with Gasteiger partial charge in [0.05, 0.1) is 11.9 Å². The van der Waals surface area contributed by atoms with Crippen molar-refractivity contribution in [2.45, 2.75) is 18.4 Å². The van der Waals surface area contributed by atoms with E-state index in [2.05, 4.69) is 15.3 Å². The Morgan fingerprint density at radius 2 is 2.00 bits per heavy atom. The van der Waals surface area contributed by atoms with Crippen LogP contribution in [0.2, 0.25) is 0 Å². The maximum Gasteiger partial charge on any atom is 0.255 e. The molecule has 0 saturated carbocycles. The lowest BCUT2D eigenvalue weighted by Crippen LogP contribution is -2.54. The van der Waals surface area contributed by atoms with Gasteiger partial charge in [-0.15, -0.1) is 0 Å². The van der Waals surface area contributed by atoms with Crippen LogP contribution >= 0.6 is 0 Å². The molecule has 3 rings (SSSR count). The third kappa shape index (κ3) is 2.46. The van der Waals surface area contributed by atoms with E-state index in [9.17, 15) is 9.59 Å². The van der Waals surface area contributed by atoms with Crippen LogP contribution in [0.1, 0.15) is 28.9 Å². The summed E-state index contributed by atoms with van der Waals surface area (Å²) in [6, 6.07) is 8.99. The summed E-state index contributed by atoms with van der Waals surface area (Å²) in [5.74, 6) is -0.405. The van der Waals surface area contributed by atoms with E-state index in [1.54, 1.807) is 42.7 Å². The number of carbonyl (C=O) groups excluding carboxylic acids is 2. The zero-order valence-electron chi connectivity index (χ0n) is 12.9. The van der Waals surface area contributed by atoms with E-state index in [0.717, 1.165) is 6.42 Å². The Morgan fingerprint density at radius 1 is 1.22 bits per heavy atom. The van der Waals surface area contributed by atoms with Crippen molar-refractivity contribution in [1.29, 1.82) is 0 Å². The van der Waals surface area contributed by atoms with Gasteiger partial charge in [0.15, 0.2) is 5.54 Å². The molecule has 0 radical (unpaired) electrons. The SMILES string of the molecule is CNC(=O)C1(c2cnccn2)CCCN1C(=O)c1ccccc1. The Kier molecular flexibility index (Phi) is 4.06. The molecule has 1 aliphatic rings. The Labute approximate surface area is 134 Å². The van der Waals surface area contributed by atoms with Gasteiger partial charge in [-0.05, 0) is 25.0 Å². The first-order chi connectivity index (χ1) is 11.2. The van der Waals surface area contributed by atoms with Crippen LogP contribution in [0.4, 0.5) is 0 Å². The molecule has 1 N–H and O–H groups in total. The van der Waals surface area contributed by atoms with Gasteiger partial charge in [-0.25, -0.2) is 0 Å². The predicted octanol–water partition coefficient (Wildman–Crippen LogP) is 1.35. The number of hydrogen-bond donors (Lipinski definition) is 1. The molecule has 1 saturated heterocycles. The molecule has 2 amide bonds. The second-order valence-corrected chi connectivity index (χ2v) is 5.46. The van der Waals surface area contributed by atoms with Gasteiger partial charge < -0.3 is 10.2 Å². The fraction of sp³-hybridized carbons (Fsp3) is 0.294. The summed E-state index contributed by atoms with van der Waals surface area (Å²) in [6.07, 6.45) is 5.93. The fourth-order valence-corrected chi connectivity index (χ4v) is 3.17. The monoisotopic (exact) mass is 310 g/mol. The molecule has 2 aromatic rings. The predicted molar refractivity (Wildman–Crippen MR) is 84.5 cm³/mol. The van der Waals surface area contributed by atoms with Crippen molar-refractivity contribution < 1.29 is 9.59 Å². The third-order valence-corrected chi connectivity index (χ3v) is 4.24. The van der Waals surface area contributed by atoms with Crippen LogP contribution in [0.25, 0.3) is 0 Å². The zero-order valence-corrected chi connectivity index (χ0v) is 12.9. The van der Waals surface area contributed by atoms with E-state index >= 15 is 0 Å². The fourth-order valence-electron chi connectivity index (χ4n) is 3.17. The second-order valence-electron chi connectivity index (χ2n) is 5.46. The molecule has 6 nitrogen and oxygen atoms in total. The van der Waals surface area contributed by atoms with Crippen LogP contribution in [-0.4, -0.2) is 40.3 Å². The molecule has 6 heteroatoms. The molecule has 0 bridgehead atoms. The van der Waals surface area contributed by atoms with Crippen LogP contribution in [0.5, 0.6) is 0 Å². The van der Waals surface area contributed by atoms with E-state index in [1.807, 2.05) is 18.2 Å². The first kappa shape index (κ1) is 15.1. The first-order valence-corrected chi connectivity index (χ1v) is 7.56. The Morgan fingerprint density at radius 3 is 2.65 bits per heavy atom. The summed E-state index contributed by atoms with van der Waals surface area (Å²) in [5.41, 5.74) is -0.0386. The van der Waals surface area contributed by atoms with Crippen LogP contribution in [0.15, 0.2) is 48.9 Å². The quantitative estimate of drug-likeness (QED) is 0.928. The summed E-state index contributed by atoms with van der Waals surface area (Å²) in [4.78, 5) is 35.7. The van der Waals surface area contributed by atoms with E-state index in [4.69, 9.17) is 0 Å². The maximum absolute atomic E-state index is 13.0. The molecule has 0 spiro atoms. The summed E-state index contributed by atoms with van der Waals surface area (Å²) in [5, 5.41) is 2.68. The van der Waals surface area contributed by atoms with Crippen LogP contribution in [0.3, 0.4) is 0 Å². The Bertz CT molecular complexity index is 705. The first-order valence-electron chi connectivity index (χ1n) is 7.56. The highest BCUT2D eigenvalue weighted by Crippen LogP contribution is 2.39. The molecular formula is C17H18N4O2. The summed E-state index contributed by atoms with van der Waals surface area (Å²) < 4.78 is 0. The molecule has 1 fully saturated rings. The highest BCUT2D eigenvalue weighted by atomic mass is 16.2. The smallest absolute Gasteiger partial charge is 0.255 e. The lowest BCUT2D eigenvalue weighted by atomic mass is 9.90. The van der Waals surface area contributed by atoms with E-state index < -0.39 is 5.54 Å². The number of benzene rings is 1. The van der Waals surface area contributed by atoms with Crippen molar-refractivity contribution in [3.05, 3.63) is 60.2 Å². The van der Waals surface area contributed by atoms with E-state index in [0.29, 0.717) is 24.2 Å². The van der Waals surface area contributed by atoms with Gasteiger partial charge in [0.2, 0.25) is 0 Å². The maximum atomic E-state index is 13.0. The van der Waals surface area contributed by atoms with Crippen molar-refractivity contribution in [3.63, 3.8) is 0 Å². The topological polar surface area (TPSA) is 75.2 Å². The van der Waals surface area contributed by atoms with Gasteiger partial charge in [-0.2, -0.15) is 0 Å². The minimum absolute atomic E-state index is 0.169. The molecule has 1 unspecified atom stereocenters. The van der Waals surface area contributed by atoms with Crippen molar-refractivity contribution >= 4 is 11.8 Å². The lowest BCUT2D eigenvalue weighted by Gasteiger charge is -2.36. The molecule has 2 heterocycles. The third-order valence-electron chi connectivity index (χ3n) is 4.24. The summed E-state index contributed by atoms with van der Waals surface area (Å²) >= 11 is 0. The Balaban J connectivity index is 2.08. The Hall–Kier alpha value is -2.76. The van der Waals surface area contributed by atoms with Crippen molar-refractivity contribution in [1.82, 2.24) is 20.2 Å². The number of carbonyl (C=O) groups is 2. The van der Waals surface area contributed by atoms with Crippen molar-refractivity contribution in [3.8, 4) is 0 Å². The number of amides is 2. The van der Waals surface area contributed by atoms with Gasteiger partial charge in [0, 0.05) is 31.5 Å². The minimum Gasteiger partial charge on any atom is -0.357 e. The average Bonchev–Trinajstić information content (AvgIpc) is 3.08. The number of nitrogens with one attached hydrogen (secondary N) is 1. The highest BCUT2D eigenvalue weighted by Gasteiger charge is 2.52. The second kappa shape index (κ2) is 6.16. The summed E-state index contributed by atoms with van der Waals surface area (Å²) in [7, 11) is 1.57. The highest BCUT2D eigenvalue weighted by molar-refractivity contribution is 5.99. The van der Waals surface area contributed by atoms with Gasteiger partial charge in [-0.1, -0.05) is 18.2 Å². The van der Waals surface area contributed by atoms with Crippen LogP contribution in [0, 0.1) is 0 Å². The zero-order chi connectivity index (χ0) is 16.3. The molecular weight excluding hydrogens is 292 g/mol. The van der Waals surface area contributed by atoms with Gasteiger partial charge >= 0.3 is 0 Å². The standard InChI is InChI=1S/C17H18N4O2/c1-18-16(23)17(14-12-19-9-10-20-14)8-5-11-21(17)15(22)13-6-3-2-4-7-13/h2-4,6-7,9-10,12H,5,8,11H2,1H3,(H,18,23). The number of aromatic nitrogens is 2. The van der Waals surface area contributed by atoms with E-state index in [1.165, 1.54) is 0 Å². The van der Waals surface area contributed by atoms with Crippen LogP contribution < -0.4 is 5.32 Å². The molecule has 1 atom stereocenters. The normalized spacial score (nSPS) is 20.3. The number of likely N-dealkylation sites (tertiary alicyclic amines) is 1. The number of rotatable bonds is 3. The molecule has 23 heavy (non-hydrogen) atoms. The van der Waals surface area contributed by atoms with Gasteiger partial charge in [0.25, 0.3) is 11.8 Å². The minimum atomic E-state index is -1.10. The summed E-state index contributed by atoms with van der Waals surface area (Å²) in [6.45, 7) is 0.512. The lowest BCUT2D eigenvalue weighted by molar-refractivity contribution is -0.131. The van der Waals surface area contributed by atoms with Crippen LogP contribution in [-0.2, 0) is 10.3 Å². The van der Waals surface area contributed by atoms with Crippen molar-refractivity contribution in [2.24, 2.45) is 0 Å². The molecule has 0 aliphatic carbocycles. The number of hydrogen-bond acceptors (Lipinski definition) is 4. The van der Waals surface area contributed by atoms with Gasteiger partial charge in [0.1, 0.15) is 0 Å². The van der Waals surface area contributed by atoms with Crippen molar-refractivity contribution in [2.75, 3.05) is 13.6 Å². The number of likely N-dealkylation sites (N-methyl/N-ethyl adjacent to an activating group) is 1.